The Kier molecular flexibility index (Phi) is 3.13. The number of rotatable bonds is 0. The molecule has 3 heteroatoms. The summed E-state index contributed by atoms with van der Waals surface area (Å²) in [4.78, 5) is 0. The number of para-hydroxylation sites is 2. The summed E-state index contributed by atoms with van der Waals surface area (Å²) in [6, 6.07) is 6.15. The molecule has 0 aliphatic heterocycles. The maximum atomic E-state index is 8.67. The van der Waals surface area contributed by atoms with Crippen molar-refractivity contribution in [2.75, 3.05) is 0 Å². The largest absolute Gasteiger partial charge is 0.504 e. The third-order valence-electron chi connectivity index (χ3n) is 0.882. The number of hydrogen-bond donors (Lipinski definition) is 2. The van der Waals surface area contributed by atoms with Crippen LogP contribution < -0.4 is 0 Å². The number of aromatic hydroxyl groups is 2. The number of phenols is 2. The minimum absolute atomic E-state index is 0. The SMILES string of the molecule is Oc1ccccc1O.[Cu]. The van der Waals surface area contributed by atoms with Crippen LogP contribution in [0.1, 0.15) is 0 Å². The summed E-state index contributed by atoms with van der Waals surface area (Å²) in [7, 11) is 0. The molecule has 1 aromatic rings. The van der Waals surface area contributed by atoms with Gasteiger partial charge in [0.25, 0.3) is 0 Å². The molecule has 1 radical (unpaired) electrons. The van der Waals surface area contributed by atoms with Gasteiger partial charge in [0, 0.05) is 17.1 Å². The van der Waals surface area contributed by atoms with E-state index in [2.05, 4.69) is 0 Å². The van der Waals surface area contributed by atoms with Crippen molar-refractivity contribution in [3.63, 3.8) is 0 Å². The second kappa shape index (κ2) is 3.38. The van der Waals surface area contributed by atoms with Gasteiger partial charge in [-0.3, -0.25) is 0 Å². The Labute approximate surface area is 63.6 Å². The van der Waals surface area contributed by atoms with Crippen LogP contribution in [0.5, 0.6) is 11.5 Å². The van der Waals surface area contributed by atoms with Gasteiger partial charge in [-0.05, 0) is 12.1 Å². The minimum Gasteiger partial charge on any atom is -0.504 e. The van der Waals surface area contributed by atoms with Gasteiger partial charge in [0.15, 0.2) is 11.5 Å². The standard InChI is InChI=1S/C6H6O2.Cu/c7-5-3-1-2-4-6(5)8;/h1-4,7-8H;. The van der Waals surface area contributed by atoms with E-state index >= 15 is 0 Å². The van der Waals surface area contributed by atoms with Crippen molar-refractivity contribution in [1.82, 2.24) is 0 Å². The van der Waals surface area contributed by atoms with Gasteiger partial charge in [-0.25, -0.2) is 0 Å². The third-order valence-corrected chi connectivity index (χ3v) is 0.882. The van der Waals surface area contributed by atoms with Gasteiger partial charge in [0.2, 0.25) is 0 Å². The van der Waals surface area contributed by atoms with Crippen LogP contribution in [0.15, 0.2) is 24.3 Å². The maximum Gasteiger partial charge on any atom is 0.157 e. The van der Waals surface area contributed by atoms with E-state index in [0.29, 0.717) is 0 Å². The van der Waals surface area contributed by atoms with Crippen molar-refractivity contribution in [2.45, 2.75) is 0 Å². The quantitative estimate of drug-likeness (QED) is 0.456. The molecule has 0 heterocycles. The first-order valence-corrected chi connectivity index (χ1v) is 2.27. The van der Waals surface area contributed by atoms with E-state index in [4.69, 9.17) is 10.2 Å². The first kappa shape index (κ1) is 8.34. The smallest absolute Gasteiger partial charge is 0.157 e. The Morgan fingerprint density at radius 3 is 1.44 bits per heavy atom. The molecule has 53 valence electrons. The van der Waals surface area contributed by atoms with Crippen molar-refractivity contribution < 1.29 is 27.3 Å². The molecule has 1 aromatic carbocycles. The number of benzene rings is 1. The van der Waals surface area contributed by atoms with E-state index in [0.717, 1.165) is 0 Å². The normalized spacial score (nSPS) is 8.00. The Morgan fingerprint density at radius 2 is 1.22 bits per heavy atom. The summed E-state index contributed by atoms with van der Waals surface area (Å²) in [5.41, 5.74) is 0. The van der Waals surface area contributed by atoms with Crippen molar-refractivity contribution in [2.24, 2.45) is 0 Å². The molecule has 0 saturated heterocycles. The van der Waals surface area contributed by atoms with Crippen LogP contribution in [0.2, 0.25) is 0 Å². The van der Waals surface area contributed by atoms with Crippen LogP contribution in [0.4, 0.5) is 0 Å². The summed E-state index contributed by atoms with van der Waals surface area (Å²) in [5, 5.41) is 17.3. The fourth-order valence-corrected chi connectivity index (χ4v) is 0.464. The molecule has 0 fully saturated rings. The second-order valence-electron chi connectivity index (χ2n) is 1.49. The Morgan fingerprint density at radius 1 is 0.889 bits per heavy atom. The van der Waals surface area contributed by atoms with E-state index in [9.17, 15) is 0 Å². The molecule has 1 rings (SSSR count). The summed E-state index contributed by atoms with van der Waals surface area (Å²) in [6.45, 7) is 0. The summed E-state index contributed by atoms with van der Waals surface area (Å²) in [6.07, 6.45) is 0. The van der Waals surface area contributed by atoms with Crippen LogP contribution in [-0.4, -0.2) is 10.2 Å². The molecule has 0 unspecified atom stereocenters. The summed E-state index contributed by atoms with van der Waals surface area (Å²) >= 11 is 0. The van der Waals surface area contributed by atoms with Crippen LogP contribution in [0.25, 0.3) is 0 Å². The fraction of sp³-hybridized carbons (Fsp3) is 0. The molecule has 0 aliphatic rings. The van der Waals surface area contributed by atoms with Crippen LogP contribution in [0, 0.1) is 0 Å². The van der Waals surface area contributed by atoms with Gasteiger partial charge >= 0.3 is 0 Å². The average molecular weight is 174 g/mol. The van der Waals surface area contributed by atoms with Crippen molar-refractivity contribution >= 4 is 0 Å². The average Bonchev–Trinajstić information content (AvgIpc) is 1.77. The van der Waals surface area contributed by atoms with Gasteiger partial charge in [0.05, 0.1) is 0 Å². The molecule has 0 aromatic heterocycles. The van der Waals surface area contributed by atoms with E-state index < -0.39 is 0 Å². The van der Waals surface area contributed by atoms with E-state index in [1.807, 2.05) is 0 Å². The predicted octanol–water partition coefficient (Wildman–Crippen LogP) is 1.10. The molecular formula is C6H6CuO2. The minimum atomic E-state index is -0.0764. The molecule has 0 atom stereocenters. The van der Waals surface area contributed by atoms with Gasteiger partial charge in [-0.2, -0.15) is 0 Å². The van der Waals surface area contributed by atoms with Gasteiger partial charge in [-0.1, -0.05) is 12.1 Å². The molecule has 9 heavy (non-hydrogen) atoms. The van der Waals surface area contributed by atoms with Crippen LogP contribution in [-0.2, 0) is 17.1 Å². The van der Waals surface area contributed by atoms with E-state index in [1.54, 1.807) is 12.1 Å². The Hall–Kier alpha value is -0.661. The van der Waals surface area contributed by atoms with E-state index in [1.165, 1.54) is 12.1 Å². The first-order chi connectivity index (χ1) is 3.80. The second-order valence-corrected chi connectivity index (χ2v) is 1.49. The van der Waals surface area contributed by atoms with Gasteiger partial charge in [0.1, 0.15) is 0 Å². The van der Waals surface area contributed by atoms with Crippen molar-refractivity contribution in [1.29, 1.82) is 0 Å². The molecule has 2 N–H and O–H groups in total. The van der Waals surface area contributed by atoms with Gasteiger partial charge in [-0.15, -0.1) is 0 Å². The zero-order valence-corrected chi connectivity index (χ0v) is 5.45. The zero-order valence-electron chi connectivity index (χ0n) is 4.51. The van der Waals surface area contributed by atoms with Crippen molar-refractivity contribution in [3.05, 3.63) is 24.3 Å². The van der Waals surface area contributed by atoms with Crippen molar-refractivity contribution in [3.8, 4) is 11.5 Å². The number of hydrogen-bond acceptors (Lipinski definition) is 2. The Bertz CT molecular complexity index is 167. The monoisotopic (exact) mass is 173 g/mol. The molecule has 0 saturated carbocycles. The van der Waals surface area contributed by atoms with Crippen LogP contribution >= 0.6 is 0 Å². The topological polar surface area (TPSA) is 40.5 Å². The van der Waals surface area contributed by atoms with Gasteiger partial charge < -0.3 is 10.2 Å². The maximum absolute atomic E-state index is 8.67. The summed E-state index contributed by atoms with van der Waals surface area (Å²) < 4.78 is 0. The molecular weight excluding hydrogens is 168 g/mol. The number of phenolic OH excluding ortho intramolecular Hbond substituents is 2. The first-order valence-electron chi connectivity index (χ1n) is 2.27. The molecule has 0 bridgehead atoms. The molecule has 0 spiro atoms. The Balaban J connectivity index is 0.000000640. The molecule has 2 nitrogen and oxygen atoms in total. The zero-order chi connectivity index (χ0) is 5.98. The summed E-state index contributed by atoms with van der Waals surface area (Å²) in [5.74, 6) is -0.153. The fourth-order valence-electron chi connectivity index (χ4n) is 0.464. The van der Waals surface area contributed by atoms with Crippen LogP contribution in [0.3, 0.4) is 0 Å². The third kappa shape index (κ3) is 1.96. The molecule has 0 aliphatic carbocycles. The van der Waals surface area contributed by atoms with E-state index in [-0.39, 0.29) is 28.6 Å². The molecule has 0 amide bonds. The predicted molar refractivity (Wildman–Crippen MR) is 29.8 cm³/mol.